The Balaban J connectivity index is 2.64. The largest absolute Gasteiger partial charge is 0.243 e. The molecule has 0 fully saturated rings. The lowest BCUT2D eigenvalue weighted by Gasteiger charge is -2.00. The first kappa shape index (κ1) is 10.3. The number of rotatable bonds is 1. The van der Waals surface area contributed by atoms with Gasteiger partial charge in [0.25, 0.3) is 0 Å². The van der Waals surface area contributed by atoms with Gasteiger partial charge in [0.2, 0.25) is 0 Å². The number of nitriles is 1. The molecule has 0 bridgehead atoms. The number of halogens is 2. The molecule has 1 heterocycles. The van der Waals surface area contributed by atoms with Crippen LogP contribution in [0.3, 0.4) is 0 Å². The standard InChI is InChI=1S/C10H4BrFN2S/c11-6-1-2-8(12)7(3-6)10-9(4-13)15-5-14-10/h1-3,5H. The Hall–Kier alpha value is -1.25. The molecule has 0 amide bonds. The molecule has 0 radical (unpaired) electrons. The van der Waals surface area contributed by atoms with E-state index in [1.54, 1.807) is 12.1 Å². The van der Waals surface area contributed by atoms with E-state index in [-0.39, 0.29) is 5.82 Å². The van der Waals surface area contributed by atoms with Crippen LogP contribution in [-0.4, -0.2) is 4.98 Å². The van der Waals surface area contributed by atoms with Crippen LogP contribution in [0.15, 0.2) is 28.2 Å². The molecule has 0 spiro atoms. The van der Waals surface area contributed by atoms with Crippen molar-refractivity contribution in [1.29, 1.82) is 5.26 Å². The van der Waals surface area contributed by atoms with Gasteiger partial charge in [0.05, 0.1) is 5.51 Å². The normalized spacial score (nSPS) is 9.93. The van der Waals surface area contributed by atoms with Crippen LogP contribution in [0.4, 0.5) is 4.39 Å². The van der Waals surface area contributed by atoms with Crippen molar-refractivity contribution in [1.82, 2.24) is 4.98 Å². The second-order valence-electron chi connectivity index (χ2n) is 2.77. The molecule has 0 aliphatic rings. The van der Waals surface area contributed by atoms with E-state index in [0.29, 0.717) is 16.1 Å². The zero-order valence-corrected chi connectivity index (χ0v) is 9.77. The van der Waals surface area contributed by atoms with Gasteiger partial charge in [-0.25, -0.2) is 9.37 Å². The Morgan fingerprint density at radius 1 is 1.47 bits per heavy atom. The van der Waals surface area contributed by atoms with Crippen LogP contribution in [-0.2, 0) is 0 Å². The fraction of sp³-hybridized carbons (Fsp3) is 0. The van der Waals surface area contributed by atoms with Gasteiger partial charge in [-0.2, -0.15) is 5.26 Å². The van der Waals surface area contributed by atoms with Crippen molar-refractivity contribution in [3.63, 3.8) is 0 Å². The maximum atomic E-state index is 13.5. The van der Waals surface area contributed by atoms with E-state index in [2.05, 4.69) is 20.9 Å². The molecule has 1 aromatic heterocycles. The molecule has 5 heteroatoms. The molecule has 0 N–H and O–H groups in total. The lowest BCUT2D eigenvalue weighted by molar-refractivity contribution is 0.630. The van der Waals surface area contributed by atoms with Crippen LogP contribution >= 0.6 is 27.3 Å². The molecule has 74 valence electrons. The number of benzene rings is 1. The molecule has 2 rings (SSSR count). The Kier molecular flexibility index (Phi) is 2.80. The molecule has 2 nitrogen and oxygen atoms in total. The first-order valence-electron chi connectivity index (χ1n) is 4.01. The summed E-state index contributed by atoms with van der Waals surface area (Å²) < 4.78 is 14.2. The van der Waals surface area contributed by atoms with E-state index < -0.39 is 0 Å². The summed E-state index contributed by atoms with van der Waals surface area (Å²) in [6.07, 6.45) is 0. The van der Waals surface area contributed by atoms with E-state index in [4.69, 9.17) is 5.26 Å². The Labute approximate surface area is 98.1 Å². The minimum atomic E-state index is -0.374. The van der Waals surface area contributed by atoms with Crippen molar-refractivity contribution in [2.45, 2.75) is 0 Å². The minimum absolute atomic E-state index is 0.349. The molecule has 0 aliphatic heterocycles. The summed E-state index contributed by atoms with van der Waals surface area (Å²) in [4.78, 5) is 4.42. The summed E-state index contributed by atoms with van der Waals surface area (Å²) in [5.74, 6) is -0.374. The highest BCUT2D eigenvalue weighted by atomic mass is 79.9. The van der Waals surface area contributed by atoms with E-state index >= 15 is 0 Å². The smallest absolute Gasteiger partial charge is 0.132 e. The molecule has 1 aromatic carbocycles. The van der Waals surface area contributed by atoms with Gasteiger partial charge in [-0.05, 0) is 18.2 Å². The van der Waals surface area contributed by atoms with Crippen molar-refractivity contribution in [3.8, 4) is 17.3 Å². The summed E-state index contributed by atoms with van der Waals surface area (Å²) in [7, 11) is 0. The molecule has 0 aliphatic carbocycles. The lowest BCUT2D eigenvalue weighted by Crippen LogP contribution is -1.86. The van der Waals surface area contributed by atoms with E-state index in [1.807, 2.05) is 6.07 Å². The fourth-order valence-corrected chi connectivity index (χ4v) is 2.15. The van der Waals surface area contributed by atoms with Crippen molar-refractivity contribution in [2.75, 3.05) is 0 Å². The van der Waals surface area contributed by atoms with Crippen LogP contribution in [0.2, 0.25) is 0 Å². The van der Waals surface area contributed by atoms with Crippen molar-refractivity contribution in [2.24, 2.45) is 0 Å². The van der Waals surface area contributed by atoms with Crippen LogP contribution in [0, 0.1) is 17.1 Å². The Morgan fingerprint density at radius 2 is 2.27 bits per heavy atom. The first-order valence-corrected chi connectivity index (χ1v) is 5.68. The summed E-state index contributed by atoms with van der Waals surface area (Å²) in [6.45, 7) is 0. The molecule has 0 unspecified atom stereocenters. The second-order valence-corrected chi connectivity index (χ2v) is 4.54. The number of aromatic nitrogens is 1. The van der Waals surface area contributed by atoms with Crippen molar-refractivity contribution >= 4 is 27.3 Å². The first-order chi connectivity index (χ1) is 7.22. The Morgan fingerprint density at radius 3 is 3.00 bits per heavy atom. The number of thiazole rings is 1. The van der Waals surface area contributed by atoms with Gasteiger partial charge in [-0.1, -0.05) is 15.9 Å². The lowest BCUT2D eigenvalue weighted by atomic mass is 10.1. The predicted octanol–water partition coefficient (Wildman–Crippen LogP) is 3.58. The summed E-state index contributed by atoms with van der Waals surface area (Å²) in [5, 5.41) is 8.82. The average molecular weight is 283 g/mol. The van der Waals surface area contributed by atoms with Gasteiger partial charge in [0, 0.05) is 10.0 Å². The van der Waals surface area contributed by atoms with Crippen LogP contribution in [0.5, 0.6) is 0 Å². The summed E-state index contributed by atoms with van der Waals surface area (Å²) in [5.41, 5.74) is 2.29. The summed E-state index contributed by atoms with van der Waals surface area (Å²) >= 11 is 4.46. The molecule has 0 saturated heterocycles. The van der Waals surface area contributed by atoms with Crippen LogP contribution < -0.4 is 0 Å². The van der Waals surface area contributed by atoms with E-state index in [9.17, 15) is 4.39 Å². The van der Waals surface area contributed by atoms with Crippen molar-refractivity contribution < 1.29 is 4.39 Å². The molecular formula is C10H4BrFN2S. The van der Waals surface area contributed by atoms with E-state index in [1.165, 1.54) is 22.9 Å². The highest BCUT2D eigenvalue weighted by Gasteiger charge is 2.12. The molecular weight excluding hydrogens is 279 g/mol. The topological polar surface area (TPSA) is 36.7 Å². The van der Waals surface area contributed by atoms with Crippen molar-refractivity contribution in [3.05, 3.63) is 38.9 Å². The minimum Gasteiger partial charge on any atom is -0.243 e. The highest BCUT2D eigenvalue weighted by Crippen LogP contribution is 2.29. The number of hydrogen-bond acceptors (Lipinski definition) is 3. The van der Waals surface area contributed by atoms with Gasteiger partial charge in [-0.15, -0.1) is 11.3 Å². The molecule has 0 atom stereocenters. The van der Waals surface area contributed by atoms with Gasteiger partial charge >= 0.3 is 0 Å². The summed E-state index contributed by atoms with van der Waals surface area (Å²) in [6, 6.07) is 6.57. The zero-order chi connectivity index (χ0) is 10.8. The zero-order valence-electron chi connectivity index (χ0n) is 7.37. The SMILES string of the molecule is N#Cc1scnc1-c1cc(Br)ccc1F. The number of nitrogens with zero attached hydrogens (tertiary/aromatic N) is 2. The van der Waals surface area contributed by atoms with Gasteiger partial charge in [-0.3, -0.25) is 0 Å². The highest BCUT2D eigenvalue weighted by molar-refractivity contribution is 9.10. The Bertz CT molecular complexity index is 545. The molecule has 2 aromatic rings. The third kappa shape index (κ3) is 1.91. The monoisotopic (exact) mass is 282 g/mol. The van der Waals surface area contributed by atoms with Gasteiger partial charge < -0.3 is 0 Å². The average Bonchev–Trinajstić information content (AvgIpc) is 2.69. The number of hydrogen-bond donors (Lipinski definition) is 0. The third-order valence-corrected chi connectivity index (χ3v) is 3.08. The maximum absolute atomic E-state index is 13.5. The van der Waals surface area contributed by atoms with Crippen LogP contribution in [0.1, 0.15) is 4.88 Å². The quantitative estimate of drug-likeness (QED) is 0.802. The molecule has 15 heavy (non-hydrogen) atoms. The van der Waals surface area contributed by atoms with Gasteiger partial charge in [0.1, 0.15) is 22.5 Å². The third-order valence-electron chi connectivity index (χ3n) is 1.85. The van der Waals surface area contributed by atoms with E-state index in [0.717, 1.165) is 4.47 Å². The molecule has 0 saturated carbocycles. The second kappa shape index (κ2) is 4.09. The predicted molar refractivity (Wildman–Crippen MR) is 59.9 cm³/mol. The van der Waals surface area contributed by atoms with Gasteiger partial charge in [0.15, 0.2) is 0 Å². The van der Waals surface area contributed by atoms with Crippen LogP contribution in [0.25, 0.3) is 11.3 Å². The maximum Gasteiger partial charge on any atom is 0.132 e. The fourth-order valence-electron chi connectivity index (χ4n) is 1.20.